The van der Waals surface area contributed by atoms with Gasteiger partial charge in [-0.15, -0.1) is 0 Å². The van der Waals surface area contributed by atoms with Crippen molar-refractivity contribution in [1.82, 2.24) is 10.2 Å². The van der Waals surface area contributed by atoms with Crippen LogP contribution in [0.4, 0.5) is 5.69 Å². The minimum Gasteiger partial charge on any atom is -0.357 e. The van der Waals surface area contributed by atoms with Crippen molar-refractivity contribution in [2.24, 2.45) is 0 Å². The average Bonchev–Trinajstić information content (AvgIpc) is 2.98. The number of hydrogen-bond acceptors (Lipinski definition) is 4. The van der Waals surface area contributed by atoms with Gasteiger partial charge in [-0.05, 0) is 66.1 Å². The lowest BCUT2D eigenvalue weighted by Crippen LogP contribution is -2.53. The fourth-order valence-electron chi connectivity index (χ4n) is 4.58. The van der Waals surface area contributed by atoms with Crippen LogP contribution in [-0.4, -0.2) is 44.8 Å². The minimum atomic E-state index is -4.21. The summed E-state index contributed by atoms with van der Waals surface area (Å²) in [5, 5.41) is 3.47. The first-order chi connectivity index (χ1) is 20.1. The molecule has 2 amide bonds. The molecular weight excluding hydrogens is 593 g/mol. The minimum absolute atomic E-state index is 0.00786. The molecular formula is C32H31Cl2N3O4S. The number of halogens is 2. The lowest BCUT2D eigenvalue weighted by molar-refractivity contribution is -0.139. The molecule has 0 bridgehead atoms. The van der Waals surface area contributed by atoms with Crippen LogP contribution in [0.1, 0.15) is 16.7 Å². The summed E-state index contributed by atoms with van der Waals surface area (Å²) in [6, 6.07) is 28.1. The molecule has 0 spiro atoms. The number of sulfonamides is 1. The third-order valence-electron chi connectivity index (χ3n) is 6.79. The Morgan fingerprint density at radius 3 is 2.17 bits per heavy atom. The summed E-state index contributed by atoms with van der Waals surface area (Å²) in [6.45, 7) is 1.27. The highest BCUT2D eigenvalue weighted by Gasteiger charge is 2.34. The van der Waals surface area contributed by atoms with E-state index in [1.807, 2.05) is 43.3 Å². The van der Waals surface area contributed by atoms with E-state index in [0.717, 1.165) is 15.4 Å². The van der Waals surface area contributed by atoms with Gasteiger partial charge in [-0.3, -0.25) is 13.9 Å². The molecule has 1 atom stereocenters. The fraction of sp³-hybridized carbons (Fsp3) is 0.188. The van der Waals surface area contributed by atoms with Crippen LogP contribution in [0.5, 0.6) is 0 Å². The number of amides is 2. The van der Waals surface area contributed by atoms with Gasteiger partial charge in [0.2, 0.25) is 11.8 Å². The predicted molar refractivity (Wildman–Crippen MR) is 167 cm³/mol. The van der Waals surface area contributed by atoms with E-state index in [-0.39, 0.29) is 23.8 Å². The highest BCUT2D eigenvalue weighted by atomic mass is 35.5. The second-order valence-electron chi connectivity index (χ2n) is 9.74. The van der Waals surface area contributed by atoms with Crippen molar-refractivity contribution in [1.29, 1.82) is 0 Å². The molecule has 0 fully saturated rings. The third-order valence-corrected chi connectivity index (χ3v) is 9.19. The third kappa shape index (κ3) is 7.50. The quantitative estimate of drug-likeness (QED) is 0.226. The van der Waals surface area contributed by atoms with Crippen molar-refractivity contribution in [3.63, 3.8) is 0 Å². The molecule has 10 heteroatoms. The van der Waals surface area contributed by atoms with Crippen LogP contribution < -0.4 is 9.62 Å². The van der Waals surface area contributed by atoms with Gasteiger partial charge in [0, 0.05) is 30.1 Å². The molecule has 0 saturated heterocycles. The summed E-state index contributed by atoms with van der Waals surface area (Å²) in [5.41, 5.74) is 2.59. The lowest BCUT2D eigenvalue weighted by atomic mass is 10.0. The molecule has 0 aliphatic carbocycles. The highest BCUT2D eigenvalue weighted by Crippen LogP contribution is 2.27. The van der Waals surface area contributed by atoms with E-state index in [0.29, 0.717) is 21.3 Å². The summed E-state index contributed by atoms with van der Waals surface area (Å²) in [6.07, 6.45) is 0.213. The van der Waals surface area contributed by atoms with Gasteiger partial charge in [-0.1, -0.05) is 83.9 Å². The summed E-state index contributed by atoms with van der Waals surface area (Å²) in [4.78, 5) is 29.0. The van der Waals surface area contributed by atoms with E-state index >= 15 is 0 Å². The molecule has 1 unspecified atom stereocenters. The molecule has 0 heterocycles. The largest absolute Gasteiger partial charge is 0.357 e. The zero-order valence-electron chi connectivity index (χ0n) is 23.2. The maximum absolute atomic E-state index is 14.3. The molecule has 4 aromatic rings. The standard InChI is InChI=1S/C32H31Cl2N3O4S/c1-23-9-8-13-27(19-23)37(42(40,41)28-17-15-26(33)16-18-28)22-31(38)36(21-25-12-6-7-14-29(25)34)30(32(39)35-2)20-24-10-4-3-5-11-24/h3-19,30H,20-22H2,1-2H3,(H,35,39). The molecule has 0 aliphatic heterocycles. The number of nitrogens with one attached hydrogen (secondary N) is 1. The maximum Gasteiger partial charge on any atom is 0.264 e. The maximum atomic E-state index is 14.3. The Kier molecular flexibility index (Phi) is 10.3. The van der Waals surface area contributed by atoms with Gasteiger partial charge in [0.15, 0.2) is 0 Å². The molecule has 0 saturated carbocycles. The normalized spacial score (nSPS) is 11.9. The van der Waals surface area contributed by atoms with Crippen LogP contribution >= 0.6 is 23.2 Å². The van der Waals surface area contributed by atoms with Crippen molar-refractivity contribution >= 4 is 50.7 Å². The zero-order chi connectivity index (χ0) is 30.3. The summed E-state index contributed by atoms with van der Waals surface area (Å²) >= 11 is 12.5. The van der Waals surface area contributed by atoms with E-state index in [2.05, 4.69) is 5.32 Å². The fourth-order valence-corrected chi connectivity index (χ4v) is 6.30. The van der Waals surface area contributed by atoms with Crippen molar-refractivity contribution < 1.29 is 18.0 Å². The average molecular weight is 625 g/mol. The van der Waals surface area contributed by atoms with Gasteiger partial charge < -0.3 is 10.2 Å². The van der Waals surface area contributed by atoms with Crippen molar-refractivity contribution in [3.8, 4) is 0 Å². The summed E-state index contributed by atoms with van der Waals surface area (Å²) in [7, 11) is -2.70. The van der Waals surface area contributed by atoms with E-state index in [9.17, 15) is 18.0 Å². The first kappa shape index (κ1) is 31.1. The summed E-state index contributed by atoms with van der Waals surface area (Å²) in [5.74, 6) is -0.958. The van der Waals surface area contributed by atoms with Gasteiger partial charge in [-0.25, -0.2) is 8.42 Å². The van der Waals surface area contributed by atoms with Gasteiger partial charge >= 0.3 is 0 Å². The topological polar surface area (TPSA) is 86.8 Å². The van der Waals surface area contributed by atoms with Crippen LogP contribution in [0.3, 0.4) is 0 Å². The Labute approximate surface area is 256 Å². The van der Waals surface area contributed by atoms with Crippen molar-refractivity contribution in [2.75, 3.05) is 17.9 Å². The predicted octanol–water partition coefficient (Wildman–Crippen LogP) is 5.88. The van der Waals surface area contributed by atoms with E-state index in [1.54, 1.807) is 42.5 Å². The second-order valence-corrected chi connectivity index (χ2v) is 12.4. The van der Waals surface area contributed by atoms with Gasteiger partial charge in [0.25, 0.3) is 10.0 Å². The SMILES string of the molecule is CNC(=O)C(Cc1ccccc1)N(Cc1ccccc1Cl)C(=O)CN(c1cccc(C)c1)S(=O)(=O)c1ccc(Cl)cc1. The number of rotatable bonds is 11. The number of nitrogens with zero attached hydrogens (tertiary/aromatic N) is 2. The molecule has 0 aromatic heterocycles. The van der Waals surface area contributed by atoms with Crippen LogP contribution in [0.25, 0.3) is 0 Å². The Balaban J connectivity index is 1.80. The van der Waals surface area contributed by atoms with E-state index in [1.165, 1.54) is 36.2 Å². The second kappa shape index (κ2) is 13.9. The molecule has 0 radical (unpaired) electrons. The lowest BCUT2D eigenvalue weighted by Gasteiger charge is -2.33. The Bertz CT molecular complexity index is 1650. The molecule has 218 valence electrons. The monoisotopic (exact) mass is 623 g/mol. The Hall–Kier alpha value is -3.85. The number of anilines is 1. The molecule has 4 rings (SSSR count). The number of aryl methyl sites for hydroxylation is 1. The molecule has 4 aromatic carbocycles. The van der Waals surface area contributed by atoms with Crippen molar-refractivity contribution in [2.45, 2.75) is 30.8 Å². The number of carbonyl (C=O) groups excluding carboxylic acids is 2. The zero-order valence-corrected chi connectivity index (χ0v) is 25.5. The number of carbonyl (C=O) groups is 2. The van der Waals surface area contributed by atoms with E-state index in [4.69, 9.17) is 23.2 Å². The molecule has 1 N–H and O–H groups in total. The van der Waals surface area contributed by atoms with Crippen LogP contribution in [0.15, 0.2) is 108 Å². The highest BCUT2D eigenvalue weighted by molar-refractivity contribution is 7.92. The smallest absolute Gasteiger partial charge is 0.264 e. The molecule has 42 heavy (non-hydrogen) atoms. The number of hydrogen-bond donors (Lipinski definition) is 1. The number of benzene rings is 4. The Morgan fingerprint density at radius 1 is 0.857 bits per heavy atom. The van der Waals surface area contributed by atoms with Gasteiger partial charge in [0.05, 0.1) is 10.6 Å². The summed E-state index contributed by atoms with van der Waals surface area (Å²) < 4.78 is 29.0. The Morgan fingerprint density at radius 2 is 1.52 bits per heavy atom. The number of likely N-dealkylation sites (N-methyl/N-ethyl adjacent to an activating group) is 1. The van der Waals surface area contributed by atoms with Gasteiger partial charge in [-0.2, -0.15) is 0 Å². The molecule has 7 nitrogen and oxygen atoms in total. The van der Waals surface area contributed by atoms with Crippen molar-refractivity contribution in [3.05, 3.63) is 130 Å². The van der Waals surface area contributed by atoms with E-state index < -0.39 is 28.5 Å². The van der Waals surface area contributed by atoms with Gasteiger partial charge in [0.1, 0.15) is 12.6 Å². The first-order valence-electron chi connectivity index (χ1n) is 13.2. The molecule has 0 aliphatic rings. The van der Waals surface area contributed by atoms with Crippen LogP contribution in [0.2, 0.25) is 10.0 Å². The first-order valence-corrected chi connectivity index (χ1v) is 15.4. The van der Waals surface area contributed by atoms with Crippen LogP contribution in [0, 0.1) is 6.92 Å². The van der Waals surface area contributed by atoms with Crippen LogP contribution in [-0.2, 0) is 32.6 Å².